The molecule has 1 saturated heterocycles. The molecule has 1 aliphatic rings. The highest BCUT2D eigenvalue weighted by Crippen LogP contribution is 2.48. The number of carbonyl (C=O) groups excluding carboxylic acids is 1. The van der Waals surface area contributed by atoms with E-state index in [0.29, 0.717) is 0 Å². The molecule has 14 heavy (non-hydrogen) atoms. The van der Waals surface area contributed by atoms with E-state index < -0.39 is 0 Å². The molecular weight excluding hydrogens is 174 g/mol. The van der Waals surface area contributed by atoms with Crippen LogP contribution in [0.5, 0.6) is 0 Å². The van der Waals surface area contributed by atoms with Crippen molar-refractivity contribution in [2.45, 2.75) is 19.9 Å². The molecule has 1 unspecified atom stereocenters. The van der Waals surface area contributed by atoms with Gasteiger partial charge in [-0.25, -0.2) is 0 Å². The summed E-state index contributed by atoms with van der Waals surface area (Å²) in [6.45, 7) is 4.01. The van der Waals surface area contributed by atoms with Gasteiger partial charge in [0.2, 0.25) is 5.91 Å². The Labute approximate surface area is 84.5 Å². The monoisotopic (exact) mass is 189 g/mol. The topological polar surface area (TPSA) is 20.3 Å². The first kappa shape index (κ1) is 9.25. The van der Waals surface area contributed by atoms with Crippen molar-refractivity contribution in [3.05, 3.63) is 35.9 Å². The van der Waals surface area contributed by atoms with E-state index in [9.17, 15) is 4.79 Å². The van der Waals surface area contributed by atoms with Crippen LogP contribution in [-0.4, -0.2) is 17.9 Å². The summed E-state index contributed by atoms with van der Waals surface area (Å²) >= 11 is 0. The molecule has 0 aliphatic carbocycles. The maximum atomic E-state index is 11.6. The smallest absolute Gasteiger partial charge is 0.230 e. The van der Waals surface area contributed by atoms with Gasteiger partial charge < -0.3 is 4.90 Å². The normalized spacial score (nSPS) is 24.6. The molecule has 1 aromatic carbocycles. The summed E-state index contributed by atoms with van der Waals surface area (Å²) in [7, 11) is 1.87. The maximum absolute atomic E-state index is 11.6. The Morgan fingerprint density at radius 1 is 1.21 bits per heavy atom. The SMILES string of the molecule is CN1C(=O)C(C)(C)C1c1ccccc1. The summed E-state index contributed by atoms with van der Waals surface area (Å²) < 4.78 is 0. The van der Waals surface area contributed by atoms with Crippen LogP contribution in [0.15, 0.2) is 30.3 Å². The number of hydrogen-bond donors (Lipinski definition) is 0. The molecule has 2 rings (SSSR count). The number of β-lactam (4-membered cyclic amide) rings is 1. The second kappa shape index (κ2) is 2.84. The first-order valence-electron chi connectivity index (χ1n) is 4.87. The van der Waals surface area contributed by atoms with Crippen molar-refractivity contribution in [2.75, 3.05) is 7.05 Å². The second-order valence-electron chi connectivity index (χ2n) is 4.45. The van der Waals surface area contributed by atoms with E-state index in [2.05, 4.69) is 12.1 Å². The fourth-order valence-corrected chi connectivity index (χ4v) is 2.38. The molecule has 0 spiro atoms. The minimum absolute atomic E-state index is 0.228. The minimum Gasteiger partial charge on any atom is -0.337 e. The summed E-state index contributed by atoms with van der Waals surface area (Å²) in [5.74, 6) is 0.228. The molecule has 74 valence electrons. The van der Waals surface area contributed by atoms with Crippen molar-refractivity contribution >= 4 is 5.91 Å². The van der Waals surface area contributed by atoms with Crippen LogP contribution in [0.2, 0.25) is 0 Å². The quantitative estimate of drug-likeness (QED) is 0.620. The first-order chi connectivity index (χ1) is 6.55. The number of carbonyl (C=O) groups is 1. The third-order valence-corrected chi connectivity index (χ3v) is 3.06. The van der Waals surface area contributed by atoms with Gasteiger partial charge in [-0.15, -0.1) is 0 Å². The highest BCUT2D eigenvalue weighted by Gasteiger charge is 2.52. The van der Waals surface area contributed by atoms with E-state index in [1.165, 1.54) is 5.56 Å². The number of amides is 1. The van der Waals surface area contributed by atoms with Gasteiger partial charge in [0.1, 0.15) is 0 Å². The van der Waals surface area contributed by atoms with Gasteiger partial charge in [0.15, 0.2) is 0 Å². The van der Waals surface area contributed by atoms with Gasteiger partial charge in [-0.2, -0.15) is 0 Å². The number of nitrogens with zero attached hydrogens (tertiary/aromatic N) is 1. The van der Waals surface area contributed by atoms with Crippen LogP contribution in [0, 0.1) is 5.41 Å². The molecule has 0 aromatic heterocycles. The van der Waals surface area contributed by atoms with E-state index >= 15 is 0 Å². The van der Waals surface area contributed by atoms with Crippen molar-refractivity contribution in [2.24, 2.45) is 5.41 Å². The first-order valence-corrected chi connectivity index (χ1v) is 4.87. The fraction of sp³-hybridized carbons (Fsp3) is 0.417. The second-order valence-corrected chi connectivity index (χ2v) is 4.45. The van der Waals surface area contributed by atoms with E-state index in [1.54, 1.807) is 0 Å². The Bertz CT molecular complexity index is 356. The highest BCUT2D eigenvalue weighted by molar-refractivity contribution is 5.89. The van der Waals surface area contributed by atoms with Crippen LogP contribution in [-0.2, 0) is 4.79 Å². The fourth-order valence-electron chi connectivity index (χ4n) is 2.38. The van der Waals surface area contributed by atoms with E-state index in [4.69, 9.17) is 0 Å². The van der Waals surface area contributed by atoms with Crippen molar-refractivity contribution < 1.29 is 4.79 Å². The van der Waals surface area contributed by atoms with E-state index in [1.807, 2.05) is 44.0 Å². The molecule has 2 nitrogen and oxygen atoms in total. The average Bonchev–Trinajstić information content (AvgIpc) is 2.18. The van der Waals surface area contributed by atoms with Crippen LogP contribution in [0.1, 0.15) is 25.5 Å². The average molecular weight is 189 g/mol. The van der Waals surface area contributed by atoms with E-state index in [-0.39, 0.29) is 17.4 Å². The molecule has 0 saturated carbocycles. The Morgan fingerprint density at radius 2 is 1.79 bits per heavy atom. The molecule has 0 radical (unpaired) electrons. The van der Waals surface area contributed by atoms with Crippen LogP contribution >= 0.6 is 0 Å². The Balaban J connectivity index is 2.34. The standard InChI is InChI=1S/C12H15NO/c1-12(2)10(13(3)11(12)14)9-7-5-4-6-8-9/h4-8,10H,1-3H3. The zero-order valence-electron chi connectivity index (χ0n) is 8.82. The van der Waals surface area contributed by atoms with Crippen molar-refractivity contribution in [1.82, 2.24) is 4.90 Å². The lowest BCUT2D eigenvalue weighted by atomic mass is 9.71. The van der Waals surface area contributed by atoms with Gasteiger partial charge >= 0.3 is 0 Å². The molecule has 1 amide bonds. The van der Waals surface area contributed by atoms with Gasteiger partial charge in [0, 0.05) is 7.05 Å². The highest BCUT2D eigenvalue weighted by atomic mass is 16.2. The predicted octanol–water partition coefficient (Wildman–Crippen LogP) is 2.23. The molecule has 0 bridgehead atoms. The van der Waals surface area contributed by atoms with Crippen molar-refractivity contribution in [3.63, 3.8) is 0 Å². The molecule has 2 heteroatoms. The van der Waals surface area contributed by atoms with E-state index in [0.717, 1.165) is 0 Å². The lowest BCUT2D eigenvalue weighted by molar-refractivity contribution is -0.165. The summed E-state index contributed by atoms with van der Waals surface area (Å²) in [4.78, 5) is 13.4. The van der Waals surface area contributed by atoms with Crippen LogP contribution in [0.4, 0.5) is 0 Å². The van der Waals surface area contributed by atoms with Gasteiger partial charge in [-0.05, 0) is 19.4 Å². The molecular formula is C12H15NO. The van der Waals surface area contributed by atoms with Crippen LogP contribution < -0.4 is 0 Å². The lowest BCUT2D eigenvalue weighted by Crippen LogP contribution is -2.58. The minimum atomic E-state index is -0.240. The largest absolute Gasteiger partial charge is 0.337 e. The van der Waals surface area contributed by atoms with Crippen LogP contribution in [0.25, 0.3) is 0 Å². The molecule has 1 fully saturated rings. The third kappa shape index (κ3) is 1.07. The Kier molecular flexibility index (Phi) is 1.88. The third-order valence-electron chi connectivity index (χ3n) is 3.06. The van der Waals surface area contributed by atoms with Gasteiger partial charge in [-0.1, -0.05) is 30.3 Å². The number of rotatable bonds is 1. The maximum Gasteiger partial charge on any atom is 0.230 e. The summed E-state index contributed by atoms with van der Waals surface area (Å²) in [5.41, 5.74) is 0.982. The van der Waals surface area contributed by atoms with Gasteiger partial charge in [0.05, 0.1) is 11.5 Å². The Hall–Kier alpha value is -1.31. The van der Waals surface area contributed by atoms with Gasteiger partial charge in [0.25, 0.3) is 0 Å². The zero-order chi connectivity index (χ0) is 10.3. The Morgan fingerprint density at radius 3 is 2.29 bits per heavy atom. The molecule has 1 aliphatic heterocycles. The zero-order valence-corrected chi connectivity index (χ0v) is 8.82. The molecule has 1 aromatic rings. The molecule has 0 N–H and O–H groups in total. The summed E-state index contributed by atoms with van der Waals surface area (Å²) in [6.07, 6.45) is 0. The van der Waals surface area contributed by atoms with Gasteiger partial charge in [-0.3, -0.25) is 4.79 Å². The molecule has 1 atom stereocenters. The lowest BCUT2D eigenvalue weighted by Gasteiger charge is -2.51. The van der Waals surface area contributed by atoms with Crippen molar-refractivity contribution in [3.8, 4) is 0 Å². The number of likely N-dealkylation sites (tertiary alicyclic amines) is 1. The van der Waals surface area contributed by atoms with Crippen LogP contribution in [0.3, 0.4) is 0 Å². The number of benzene rings is 1. The molecule has 1 heterocycles. The summed E-state index contributed by atoms with van der Waals surface area (Å²) in [5, 5.41) is 0. The predicted molar refractivity (Wildman–Crippen MR) is 55.7 cm³/mol. The van der Waals surface area contributed by atoms with Crippen molar-refractivity contribution in [1.29, 1.82) is 0 Å². The number of hydrogen-bond acceptors (Lipinski definition) is 1. The summed E-state index contributed by atoms with van der Waals surface area (Å²) in [6, 6.07) is 10.4.